The summed E-state index contributed by atoms with van der Waals surface area (Å²) < 4.78 is 37.7. The first-order valence-electron chi connectivity index (χ1n) is 9.62. The van der Waals surface area contributed by atoms with Crippen molar-refractivity contribution >= 4 is 21.6 Å². The van der Waals surface area contributed by atoms with E-state index in [9.17, 15) is 13.2 Å². The highest BCUT2D eigenvalue weighted by atomic mass is 32.2. The minimum Gasteiger partial charge on any atom is -0.481 e. The lowest BCUT2D eigenvalue weighted by Crippen LogP contribution is -2.40. The SMILES string of the molecule is CC[C@@H](Oc1ccc(C)cc1)C(=O)Nc1ccc(S(=O)(=O)N2CCOCC2)cc1. The fourth-order valence-electron chi connectivity index (χ4n) is 2.97. The van der Waals surface area contributed by atoms with Gasteiger partial charge in [0.05, 0.1) is 18.1 Å². The van der Waals surface area contributed by atoms with E-state index in [1.165, 1.54) is 16.4 Å². The highest BCUT2D eigenvalue weighted by Gasteiger charge is 2.26. The number of morpholine rings is 1. The van der Waals surface area contributed by atoms with Crippen molar-refractivity contribution < 1.29 is 22.7 Å². The second-order valence-corrected chi connectivity index (χ2v) is 8.80. The average Bonchev–Trinajstić information content (AvgIpc) is 2.74. The summed E-state index contributed by atoms with van der Waals surface area (Å²) >= 11 is 0. The van der Waals surface area contributed by atoms with Crippen molar-refractivity contribution in [2.45, 2.75) is 31.3 Å². The van der Waals surface area contributed by atoms with Gasteiger partial charge in [-0.15, -0.1) is 0 Å². The second-order valence-electron chi connectivity index (χ2n) is 6.86. The van der Waals surface area contributed by atoms with Crippen LogP contribution < -0.4 is 10.1 Å². The molecule has 3 rings (SSSR count). The van der Waals surface area contributed by atoms with Gasteiger partial charge in [0.2, 0.25) is 10.0 Å². The van der Waals surface area contributed by atoms with Crippen molar-refractivity contribution in [3.05, 3.63) is 54.1 Å². The molecule has 1 amide bonds. The first kappa shape index (κ1) is 21.3. The third kappa shape index (κ3) is 5.35. The summed E-state index contributed by atoms with van der Waals surface area (Å²) in [6.45, 7) is 5.33. The number of hydrogen-bond donors (Lipinski definition) is 1. The molecule has 0 radical (unpaired) electrons. The number of nitrogens with zero attached hydrogens (tertiary/aromatic N) is 1. The van der Waals surface area contributed by atoms with Crippen molar-refractivity contribution in [3.63, 3.8) is 0 Å². The number of amides is 1. The number of ether oxygens (including phenoxy) is 2. The van der Waals surface area contributed by atoms with Crippen LogP contribution in [0.15, 0.2) is 53.4 Å². The molecule has 0 saturated carbocycles. The summed E-state index contributed by atoms with van der Waals surface area (Å²) in [6, 6.07) is 13.7. The molecule has 0 spiro atoms. The predicted octanol–water partition coefficient (Wildman–Crippen LogP) is 2.81. The molecule has 2 aromatic carbocycles. The molecule has 156 valence electrons. The standard InChI is InChI=1S/C21H26N2O5S/c1-3-20(28-18-8-4-16(2)5-9-18)21(24)22-17-6-10-19(11-7-17)29(25,26)23-12-14-27-15-13-23/h4-11,20H,3,12-15H2,1-2H3,(H,22,24)/t20-/m1/s1. The molecule has 1 aliphatic rings. The minimum atomic E-state index is -3.56. The molecule has 0 bridgehead atoms. The van der Waals surface area contributed by atoms with E-state index in [2.05, 4.69) is 5.32 Å². The van der Waals surface area contributed by atoms with E-state index in [-0.39, 0.29) is 10.8 Å². The number of aryl methyl sites for hydroxylation is 1. The molecule has 1 heterocycles. The van der Waals surface area contributed by atoms with Crippen LogP contribution in [0.1, 0.15) is 18.9 Å². The Hall–Kier alpha value is -2.42. The van der Waals surface area contributed by atoms with E-state index in [0.29, 0.717) is 44.2 Å². The topological polar surface area (TPSA) is 84.9 Å². The molecule has 29 heavy (non-hydrogen) atoms. The van der Waals surface area contributed by atoms with E-state index >= 15 is 0 Å². The van der Waals surface area contributed by atoms with Gasteiger partial charge in [-0.2, -0.15) is 4.31 Å². The maximum atomic E-state index is 12.7. The molecule has 1 saturated heterocycles. The molecule has 8 heteroatoms. The van der Waals surface area contributed by atoms with Crippen LogP contribution in [0.4, 0.5) is 5.69 Å². The molecule has 0 aliphatic carbocycles. The highest BCUT2D eigenvalue weighted by molar-refractivity contribution is 7.89. The number of carbonyl (C=O) groups excluding carboxylic acids is 1. The maximum Gasteiger partial charge on any atom is 0.265 e. The first-order valence-corrected chi connectivity index (χ1v) is 11.1. The molecule has 0 unspecified atom stereocenters. The smallest absolute Gasteiger partial charge is 0.265 e. The van der Waals surface area contributed by atoms with Crippen molar-refractivity contribution in [1.29, 1.82) is 0 Å². The van der Waals surface area contributed by atoms with Crippen LogP contribution in [0.25, 0.3) is 0 Å². The Bertz CT molecular complexity index is 921. The number of anilines is 1. The highest BCUT2D eigenvalue weighted by Crippen LogP contribution is 2.20. The summed E-state index contributed by atoms with van der Waals surface area (Å²) in [7, 11) is -3.56. The van der Waals surface area contributed by atoms with Gasteiger partial charge in [0, 0.05) is 18.8 Å². The van der Waals surface area contributed by atoms with Crippen LogP contribution in [0.5, 0.6) is 5.75 Å². The second kappa shape index (κ2) is 9.39. The number of carbonyl (C=O) groups is 1. The number of hydrogen-bond acceptors (Lipinski definition) is 5. The first-order chi connectivity index (χ1) is 13.9. The van der Waals surface area contributed by atoms with E-state index in [0.717, 1.165) is 5.56 Å². The Labute approximate surface area is 171 Å². The quantitative estimate of drug-likeness (QED) is 0.747. The van der Waals surface area contributed by atoms with Gasteiger partial charge in [0.1, 0.15) is 5.75 Å². The number of nitrogens with one attached hydrogen (secondary N) is 1. The largest absolute Gasteiger partial charge is 0.481 e. The minimum absolute atomic E-state index is 0.195. The van der Waals surface area contributed by atoms with Crippen molar-refractivity contribution in [3.8, 4) is 5.75 Å². The zero-order valence-corrected chi connectivity index (χ0v) is 17.4. The average molecular weight is 419 g/mol. The van der Waals surface area contributed by atoms with Gasteiger partial charge >= 0.3 is 0 Å². The third-order valence-electron chi connectivity index (χ3n) is 4.69. The molecule has 7 nitrogen and oxygen atoms in total. The van der Waals surface area contributed by atoms with E-state index in [1.54, 1.807) is 12.1 Å². The zero-order valence-electron chi connectivity index (χ0n) is 16.6. The lowest BCUT2D eigenvalue weighted by molar-refractivity contribution is -0.122. The number of rotatable bonds is 7. The molecule has 0 aromatic heterocycles. The zero-order chi connectivity index (χ0) is 20.9. The Morgan fingerprint density at radius 3 is 2.31 bits per heavy atom. The van der Waals surface area contributed by atoms with Gasteiger partial charge < -0.3 is 14.8 Å². The summed E-state index contributed by atoms with van der Waals surface area (Å²) in [5.74, 6) is 0.349. The number of sulfonamides is 1. The maximum absolute atomic E-state index is 12.7. The molecule has 1 N–H and O–H groups in total. The monoisotopic (exact) mass is 418 g/mol. The van der Waals surface area contributed by atoms with Gasteiger partial charge in [0.15, 0.2) is 6.10 Å². The molecular formula is C21H26N2O5S. The van der Waals surface area contributed by atoms with Crippen LogP contribution in [-0.2, 0) is 19.6 Å². The fraction of sp³-hybridized carbons (Fsp3) is 0.381. The number of benzene rings is 2. The Morgan fingerprint density at radius 2 is 1.72 bits per heavy atom. The lowest BCUT2D eigenvalue weighted by Gasteiger charge is -2.26. The van der Waals surface area contributed by atoms with Crippen LogP contribution >= 0.6 is 0 Å². The van der Waals surface area contributed by atoms with Gasteiger partial charge in [0.25, 0.3) is 5.91 Å². The summed E-state index contributed by atoms with van der Waals surface area (Å²) in [6.07, 6.45) is -0.141. The Kier molecular flexibility index (Phi) is 6.89. The van der Waals surface area contributed by atoms with Crippen LogP contribution in [0, 0.1) is 6.92 Å². The van der Waals surface area contributed by atoms with Crippen molar-refractivity contribution in [2.24, 2.45) is 0 Å². The molecule has 1 atom stereocenters. The fourth-order valence-corrected chi connectivity index (χ4v) is 4.38. The van der Waals surface area contributed by atoms with Crippen LogP contribution in [0.3, 0.4) is 0 Å². The van der Waals surface area contributed by atoms with Crippen molar-refractivity contribution in [2.75, 3.05) is 31.6 Å². The van der Waals surface area contributed by atoms with E-state index in [4.69, 9.17) is 9.47 Å². The molecule has 1 aliphatic heterocycles. The lowest BCUT2D eigenvalue weighted by atomic mass is 10.2. The summed E-state index contributed by atoms with van der Waals surface area (Å²) in [5.41, 5.74) is 1.63. The van der Waals surface area contributed by atoms with Gasteiger partial charge in [-0.25, -0.2) is 8.42 Å². The predicted molar refractivity (Wildman–Crippen MR) is 111 cm³/mol. The van der Waals surface area contributed by atoms with Gasteiger partial charge in [-0.05, 0) is 49.7 Å². The molecular weight excluding hydrogens is 392 g/mol. The summed E-state index contributed by atoms with van der Waals surface area (Å²) in [5, 5.41) is 2.79. The van der Waals surface area contributed by atoms with Gasteiger partial charge in [-0.1, -0.05) is 24.6 Å². The van der Waals surface area contributed by atoms with Crippen LogP contribution in [0.2, 0.25) is 0 Å². The van der Waals surface area contributed by atoms with Crippen molar-refractivity contribution in [1.82, 2.24) is 4.31 Å². The van der Waals surface area contributed by atoms with Crippen LogP contribution in [-0.4, -0.2) is 51.0 Å². The van der Waals surface area contributed by atoms with Gasteiger partial charge in [-0.3, -0.25) is 4.79 Å². The normalized spacial score (nSPS) is 16.2. The summed E-state index contributed by atoms with van der Waals surface area (Å²) in [4.78, 5) is 12.8. The molecule has 1 fully saturated rings. The molecule has 2 aromatic rings. The Balaban J connectivity index is 1.64. The van der Waals surface area contributed by atoms with E-state index < -0.39 is 16.1 Å². The Morgan fingerprint density at radius 1 is 1.10 bits per heavy atom. The van der Waals surface area contributed by atoms with E-state index in [1.807, 2.05) is 38.1 Å². The third-order valence-corrected chi connectivity index (χ3v) is 6.61.